The molecule has 0 atom stereocenters. The molecule has 2 rings (SSSR count). The van der Waals surface area contributed by atoms with Crippen LogP contribution in [0.25, 0.3) is 0 Å². The fourth-order valence-corrected chi connectivity index (χ4v) is 2.13. The molecular formula is C11H11ClO4S. The van der Waals surface area contributed by atoms with Gasteiger partial charge in [-0.1, -0.05) is 23.8 Å². The molecule has 4 nitrogen and oxygen atoms in total. The Morgan fingerprint density at radius 2 is 2.18 bits per heavy atom. The first-order valence-corrected chi connectivity index (χ1v) is 7.38. The zero-order valence-electron chi connectivity index (χ0n) is 8.93. The quantitative estimate of drug-likeness (QED) is 0.743. The highest BCUT2D eigenvalue weighted by atomic mass is 35.7. The number of ether oxygens (including phenoxy) is 2. The fraction of sp³-hybridized carbons (Fsp3) is 0.273. The summed E-state index contributed by atoms with van der Waals surface area (Å²) in [6.07, 6.45) is 10.8. The van der Waals surface area contributed by atoms with Gasteiger partial charge < -0.3 is 9.47 Å². The Morgan fingerprint density at radius 1 is 1.35 bits per heavy atom. The monoisotopic (exact) mass is 274 g/mol. The van der Waals surface area contributed by atoms with Gasteiger partial charge in [-0.05, 0) is 12.8 Å². The van der Waals surface area contributed by atoms with E-state index in [1.807, 2.05) is 12.2 Å². The normalized spacial score (nSPS) is 19.7. The Hall–Kier alpha value is -1.20. The smallest absolute Gasteiger partial charge is 0.297 e. The molecule has 1 aliphatic carbocycles. The van der Waals surface area contributed by atoms with Crippen LogP contribution in [0.5, 0.6) is 0 Å². The van der Waals surface area contributed by atoms with E-state index in [1.165, 1.54) is 6.26 Å². The van der Waals surface area contributed by atoms with Gasteiger partial charge in [0.15, 0.2) is 0 Å². The van der Waals surface area contributed by atoms with Crippen LogP contribution < -0.4 is 0 Å². The molecule has 1 heterocycles. The molecule has 0 fully saturated rings. The first-order chi connectivity index (χ1) is 8.05. The van der Waals surface area contributed by atoms with Gasteiger partial charge in [-0.15, -0.1) is 0 Å². The highest BCUT2D eigenvalue weighted by Gasteiger charge is 2.22. The van der Waals surface area contributed by atoms with Crippen molar-refractivity contribution in [2.45, 2.75) is 19.3 Å². The van der Waals surface area contributed by atoms with Gasteiger partial charge in [-0.25, -0.2) is 8.42 Å². The highest BCUT2D eigenvalue weighted by Crippen LogP contribution is 2.27. The molecular weight excluding hydrogens is 264 g/mol. The number of halogens is 1. The maximum atomic E-state index is 11.1. The molecule has 92 valence electrons. The van der Waals surface area contributed by atoms with E-state index in [1.54, 1.807) is 0 Å². The van der Waals surface area contributed by atoms with Crippen LogP contribution in [0.1, 0.15) is 19.3 Å². The molecule has 0 spiro atoms. The van der Waals surface area contributed by atoms with Crippen molar-refractivity contribution < 1.29 is 17.9 Å². The molecule has 0 saturated heterocycles. The van der Waals surface area contributed by atoms with Crippen LogP contribution in [-0.2, 0) is 18.5 Å². The minimum Gasteiger partial charge on any atom is -0.464 e. The number of hydrogen-bond donors (Lipinski definition) is 0. The summed E-state index contributed by atoms with van der Waals surface area (Å²) in [5.41, 5.74) is 1.16. The van der Waals surface area contributed by atoms with E-state index in [4.69, 9.17) is 20.2 Å². The summed E-state index contributed by atoms with van der Waals surface area (Å²) in [5, 5.41) is -0.372. The van der Waals surface area contributed by atoms with Crippen LogP contribution in [0.4, 0.5) is 0 Å². The van der Waals surface area contributed by atoms with Crippen LogP contribution in [0.15, 0.2) is 47.2 Å². The van der Waals surface area contributed by atoms with Gasteiger partial charge in [0.1, 0.15) is 18.3 Å². The third-order valence-electron chi connectivity index (χ3n) is 2.34. The lowest BCUT2D eigenvalue weighted by Crippen LogP contribution is -2.06. The molecule has 2 aliphatic rings. The average Bonchev–Trinajstić information content (AvgIpc) is 2.29. The summed E-state index contributed by atoms with van der Waals surface area (Å²) in [5.74, 6) is 0.438. The molecule has 17 heavy (non-hydrogen) atoms. The van der Waals surface area contributed by atoms with Crippen molar-refractivity contribution in [3.05, 3.63) is 47.2 Å². The lowest BCUT2D eigenvalue weighted by Gasteiger charge is -2.16. The number of allylic oxidation sites excluding steroid dienone is 4. The molecule has 0 N–H and O–H groups in total. The predicted molar refractivity (Wildman–Crippen MR) is 64.2 cm³/mol. The van der Waals surface area contributed by atoms with Crippen molar-refractivity contribution in [1.29, 1.82) is 0 Å². The molecule has 6 heteroatoms. The number of hydrogen-bond acceptors (Lipinski definition) is 4. The maximum absolute atomic E-state index is 11.1. The zero-order valence-corrected chi connectivity index (χ0v) is 10.5. The third-order valence-corrected chi connectivity index (χ3v) is 3.45. The topological polar surface area (TPSA) is 52.6 Å². The van der Waals surface area contributed by atoms with Gasteiger partial charge in [0.2, 0.25) is 0 Å². The standard InChI is InChI=1S/C11H11ClO4S/c12-17(13,14)11-8-15-7-10(16-11)6-9-4-2-1-3-5-9/h1-2,4,7-8H,3,5-6H2. The van der Waals surface area contributed by atoms with E-state index in [9.17, 15) is 8.42 Å². The Kier molecular flexibility index (Phi) is 3.59. The van der Waals surface area contributed by atoms with Crippen molar-refractivity contribution in [2.24, 2.45) is 0 Å². The first kappa shape index (κ1) is 12.3. The van der Waals surface area contributed by atoms with Gasteiger partial charge in [0.05, 0.1) is 0 Å². The second-order valence-electron chi connectivity index (χ2n) is 3.67. The van der Waals surface area contributed by atoms with Crippen molar-refractivity contribution in [3.63, 3.8) is 0 Å². The number of rotatable bonds is 3. The van der Waals surface area contributed by atoms with Crippen molar-refractivity contribution in [1.82, 2.24) is 0 Å². The van der Waals surface area contributed by atoms with Gasteiger partial charge in [0, 0.05) is 17.1 Å². The van der Waals surface area contributed by atoms with Crippen LogP contribution in [0, 0.1) is 0 Å². The van der Waals surface area contributed by atoms with E-state index >= 15 is 0 Å². The van der Waals surface area contributed by atoms with Crippen molar-refractivity contribution >= 4 is 19.7 Å². The van der Waals surface area contributed by atoms with Crippen LogP contribution in [0.3, 0.4) is 0 Å². The predicted octanol–water partition coefficient (Wildman–Crippen LogP) is 2.91. The van der Waals surface area contributed by atoms with Gasteiger partial charge in [-0.2, -0.15) is 0 Å². The molecule has 0 bridgehead atoms. The minimum absolute atomic E-state index is 0.372. The molecule has 1 aliphatic heterocycles. The summed E-state index contributed by atoms with van der Waals surface area (Å²) in [4.78, 5) is 0. The van der Waals surface area contributed by atoms with Crippen LogP contribution in [0.2, 0.25) is 0 Å². The zero-order chi connectivity index (χ0) is 12.3. The SMILES string of the molecule is O=S(=O)(Cl)C1=COC=C(CC2=CC=CCC2)O1. The minimum atomic E-state index is -3.89. The fourth-order valence-electron chi connectivity index (χ4n) is 1.55. The van der Waals surface area contributed by atoms with Crippen molar-refractivity contribution in [2.75, 3.05) is 0 Å². The molecule has 0 aromatic rings. The summed E-state index contributed by atoms with van der Waals surface area (Å²) in [6.45, 7) is 0. The van der Waals surface area contributed by atoms with E-state index < -0.39 is 9.05 Å². The molecule has 0 radical (unpaired) electrons. The van der Waals surface area contributed by atoms with Crippen molar-refractivity contribution in [3.8, 4) is 0 Å². The molecule has 0 saturated carbocycles. The van der Waals surface area contributed by atoms with E-state index in [0.29, 0.717) is 12.2 Å². The largest absolute Gasteiger partial charge is 0.464 e. The summed E-state index contributed by atoms with van der Waals surface area (Å²) >= 11 is 0. The highest BCUT2D eigenvalue weighted by molar-refractivity contribution is 8.16. The lowest BCUT2D eigenvalue weighted by molar-refractivity contribution is 0.237. The summed E-state index contributed by atoms with van der Waals surface area (Å²) in [7, 11) is 1.28. The molecule has 0 aromatic carbocycles. The second kappa shape index (κ2) is 4.98. The van der Waals surface area contributed by atoms with E-state index in [-0.39, 0.29) is 5.09 Å². The van der Waals surface area contributed by atoms with E-state index in [0.717, 1.165) is 24.7 Å². The Balaban J connectivity index is 2.03. The summed E-state index contributed by atoms with van der Waals surface area (Å²) < 4.78 is 32.2. The Bertz CT molecular complexity index is 526. The maximum Gasteiger partial charge on any atom is 0.297 e. The van der Waals surface area contributed by atoms with Gasteiger partial charge in [-0.3, -0.25) is 0 Å². The molecule has 0 unspecified atom stereocenters. The Labute approximate surface area is 104 Å². The van der Waals surface area contributed by atoms with Crippen LogP contribution in [-0.4, -0.2) is 8.42 Å². The second-order valence-corrected chi connectivity index (χ2v) is 6.16. The first-order valence-electron chi connectivity index (χ1n) is 5.07. The van der Waals surface area contributed by atoms with Crippen LogP contribution >= 0.6 is 10.7 Å². The van der Waals surface area contributed by atoms with Gasteiger partial charge in [0.25, 0.3) is 14.1 Å². The Morgan fingerprint density at radius 3 is 2.82 bits per heavy atom. The summed E-state index contributed by atoms with van der Waals surface area (Å²) in [6, 6.07) is 0. The molecule has 0 amide bonds. The van der Waals surface area contributed by atoms with Gasteiger partial charge >= 0.3 is 0 Å². The third kappa shape index (κ3) is 3.38. The molecule has 0 aromatic heterocycles. The van der Waals surface area contributed by atoms with E-state index in [2.05, 4.69) is 6.08 Å². The average molecular weight is 275 g/mol. The lowest BCUT2D eigenvalue weighted by atomic mass is 10.0.